The Morgan fingerprint density at radius 1 is 1.14 bits per heavy atom. The van der Waals surface area contributed by atoms with Gasteiger partial charge in [-0.1, -0.05) is 26.3 Å². The van der Waals surface area contributed by atoms with E-state index < -0.39 is 22.1 Å². The third kappa shape index (κ3) is 5.58. The summed E-state index contributed by atoms with van der Waals surface area (Å²) in [4.78, 5) is 28.4. The lowest BCUT2D eigenvalue weighted by Gasteiger charge is -2.31. The number of ether oxygens (including phenoxy) is 3. The quantitative estimate of drug-likeness (QED) is 0.435. The van der Waals surface area contributed by atoms with E-state index in [1.807, 2.05) is 35.1 Å². The van der Waals surface area contributed by atoms with Crippen molar-refractivity contribution in [2.75, 3.05) is 45.4 Å². The van der Waals surface area contributed by atoms with Gasteiger partial charge in [-0.15, -0.1) is 0 Å². The van der Waals surface area contributed by atoms with Gasteiger partial charge < -0.3 is 23.7 Å². The van der Waals surface area contributed by atoms with Gasteiger partial charge in [0.25, 0.3) is 5.91 Å². The summed E-state index contributed by atoms with van der Waals surface area (Å²) in [5.41, 5.74) is 2.53. The second-order valence-electron chi connectivity index (χ2n) is 10.6. The predicted molar refractivity (Wildman–Crippen MR) is 159 cm³/mol. The number of nitrogens with one attached hydrogen (secondary N) is 1. The van der Waals surface area contributed by atoms with Gasteiger partial charge in [-0.05, 0) is 49.1 Å². The predicted octanol–water partition coefficient (Wildman–Crippen LogP) is 3.59. The standard InChI is InChI=1S/C30H38N4O7S/c1-5-7-20(6-2)27-25-9-8-21(28(35)31-42(37,38)32-12-14-41-15-13-32)17-26(25)34-19-22(30(36)40-4)16-23-18-24(39-3)10-11-33(23)29(27)34/h8-11,16-18,20,23H,5-7,12-15,19H2,1-4H3,(H,31,35). The molecule has 1 amide bonds. The summed E-state index contributed by atoms with van der Waals surface area (Å²) in [6.07, 6.45) is 10.5. The molecule has 1 saturated heterocycles. The number of aromatic nitrogens is 1. The number of anilines is 1. The van der Waals surface area contributed by atoms with E-state index in [4.69, 9.17) is 14.2 Å². The summed E-state index contributed by atoms with van der Waals surface area (Å²) >= 11 is 0. The molecule has 2 atom stereocenters. The fourth-order valence-corrected chi connectivity index (χ4v) is 7.11. The van der Waals surface area contributed by atoms with Crippen LogP contribution in [0, 0.1) is 0 Å². The molecule has 12 heteroatoms. The number of carbonyl (C=O) groups excluding carboxylic acids is 2. The van der Waals surface area contributed by atoms with Gasteiger partial charge in [-0.2, -0.15) is 12.7 Å². The lowest BCUT2D eigenvalue weighted by molar-refractivity contribution is -0.136. The number of esters is 1. The van der Waals surface area contributed by atoms with Crippen molar-refractivity contribution >= 4 is 38.8 Å². The summed E-state index contributed by atoms with van der Waals surface area (Å²) in [5, 5.41) is 0.956. The number of benzene rings is 1. The van der Waals surface area contributed by atoms with E-state index in [2.05, 4.69) is 23.5 Å². The number of methoxy groups -OCH3 is 2. The first-order valence-electron chi connectivity index (χ1n) is 14.3. The largest absolute Gasteiger partial charge is 0.497 e. The molecule has 1 N–H and O–H groups in total. The van der Waals surface area contributed by atoms with Crippen molar-refractivity contribution in [3.63, 3.8) is 0 Å². The zero-order valence-corrected chi connectivity index (χ0v) is 25.3. The summed E-state index contributed by atoms with van der Waals surface area (Å²) in [7, 11) is -1.07. The highest BCUT2D eigenvalue weighted by Gasteiger charge is 2.34. The van der Waals surface area contributed by atoms with Crippen LogP contribution in [0.3, 0.4) is 0 Å². The molecule has 0 aliphatic carbocycles. The van der Waals surface area contributed by atoms with E-state index in [0.29, 0.717) is 11.3 Å². The van der Waals surface area contributed by atoms with Crippen LogP contribution in [0.2, 0.25) is 0 Å². The first kappa shape index (κ1) is 29.9. The average molecular weight is 599 g/mol. The summed E-state index contributed by atoms with van der Waals surface area (Å²) in [5.74, 6) is 0.660. The maximum atomic E-state index is 13.3. The van der Waals surface area contributed by atoms with Gasteiger partial charge >= 0.3 is 16.2 Å². The molecule has 0 radical (unpaired) electrons. The number of amides is 1. The number of carbonyl (C=O) groups is 2. The van der Waals surface area contributed by atoms with Crippen molar-refractivity contribution in [1.29, 1.82) is 0 Å². The highest BCUT2D eigenvalue weighted by Crippen LogP contribution is 2.44. The molecule has 1 aromatic carbocycles. The second kappa shape index (κ2) is 12.3. The van der Waals surface area contributed by atoms with Crippen molar-refractivity contribution in [3.05, 3.63) is 65.1 Å². The van der Waals surface area contributed by atoms with Crippen LogP contribution in [0.15, 0.2) is 54.0 Å². The Hall–Kier alpha value is -3.61. The Bertz CT molecular complexity index is 1570. The van der Waals surface area contributed by atoms with Crippen molar-refractivity contribution in [1.82, 2.24) is 13.6 Å². The van der Waals surface area contributed by atoms with Crippen LogP contribution in [0.5, 0.6) is 0 Å². The van der Waals surface area contributed by atoms with E-state index in [0.717, 1.165) is 41.5 Å². The normalized spacial score (nSPS) is 19.7. The maximum absolute atomic E-state index is 13.3. The Kier molecular flexibility index (Phi) is 8.76. The lowest BCUT2D eigenvalue weighted by Crippen LogP contribution is -2.48. The Labute approximate surface area is 246 Å². The minimum Gasteiger partial charge on any atom is -0.497 e. The molecule has 1 aromatic heterocycles. The van der Waals surface area contributed by atoms with Gasteiger partial charge in [0.1, 0.15) is 11.6 Å². The van der Waals surface area contributed by atoms with Gasteiger partial charge in [0, 0.05) is 35.8 Å². The third-order valence-corrected chi connectivity index (χ3v) is 9.58. The van der Waals surface area contributed by atoms with E-state index >= 15 is 0 Å². The van der Waals surface area contributed by atoms with Crippen molar-refractivity contribution in [3.8, 4) is 0 Å². The number of hydrogen-bond acceptors (Lipinski definition) is 8. The number of hydrogen-bond donors (Lipinski definition) is 1. The first-order valence-corrected chi connectivity index (χ1v) is 15.7. The second-order valence-corrected chi connectivity index (χ2v) is 12.2. The highest BCUT2D eigenvalue weighted by atomic mass is 32.2. The molecule has 4 heterocycles. The van der Waals surface area contributed by atoms with Crippen LogP contribution in [0.25, 0.3) is 10.9 Å². The molecule has 2 aromatic rings. The van der Waals surface area contributed by atoms with E-state index in [1.165, 1.54) is 11.4 Å². The van der Waals surface area contributed by atoms with Crippen LogP contribution < -0.4 is 9.62 Å². The molecule has 11 nitrogen and oxygen atoms in total. The van der Waals surface area contributed by atoms with Gasteiger partial charge in [0.15, 0.2) is 0 Å². The van der Waals surface area contributed by atoms with Gasteiger partial charge in [0.2, 0.25) is 0 Å². The number of nitrogens with zero attached hydrogens (tertiary/aromatic N) is 3. The van der Waals surface area contributed by atoms with Crippen molar-refractivity contribution in [2.24, 2.45) is 0 Å². The summed E-state index contributed by atoms with van der Waals surface area (Å²) < 4.78 is 47.2. The summed E-state index contributed by atoms with van der Waals surface area (Å²) in [6.45, 7) is 5.45. The third-order valence-electron chi connectivity index (χ3n) is 8.09. The molecular weight excluding hydrogens is 560 g/mol. The molecule has 3 aliphatic rings. The van der Waals surface area contributed by atoms with Crippen LogP contribution >= 0.6 is 0 Å². The first-order chi connectivity index (χ1) is 20.2. The molecule has 0 spiro atoms. The molecular formula is C30H38N4O7S. The molecule has 2 unspecified atom stereocenters. The monoisotopic (exact) mass is 598 g/mol. The smallest absolute Gasteiger partial charge is 0.335 e. The van der Waals surface area contributed by atoms with Crippen LogP contribution in [-0.2, 0) is 35.8 Å². The summed E-state index contributed by atoms with van der Waals surface area (Å²) in [6, 6.07) is 4.97. The van der Waals surface area contributed by atoms with E-state index in [9.17, 15) is 18.0 Å². The van der Waals surface area contributed by atoms with Crippen LogP contribution in [0.4, 0.5) is 5.82 Å². The topological polar surface area (TPSA) is 119 Å². The fourth-order valence-electron chi connectivity index (χ4n) is 6.00. The van der Waals surface area contributed by atoms with Gasteiger partial charge in [-0.3, -0.25) is 4.79 Å². The average Bonchev–Trinajstić information content (AvgIpc) is 3.21. The SMILES string of the molecule is CCCC(CC)c1c2n(c3cc(C(=O)NS(=O)(=O)N4CCOCC4)ccc13)CC(C(=O)OC)=CC1C=C(OC)C=CN21. The minimum absolute atomic E-state index is 0.180. The number of rotatable bonds is 9. The van der Waals surface area contributed by atoms with E-state index in [-0.39, 0.29) is 50.4 Å². The number of allylic oxidation sites excluding steroid dienone is 1. The van der Waals surface area contributed by atoms with Crippen molar-refractivity contribution < 1.29 is 32.2 Å². The zero-order chi connectivity index (χ0) is 30.0. The van der Waals surface area contributed by atoms with E-state index in [1.54, 1.807) is 19.2 Å². The molecule has 3 aliphatic heterocycles. The Morgan fingerprint density at radius 3 is 2.57 bits per heavy atom. The minimum atomic E-state index is -4.03. The lowest BCUT2D eigenvalue weighted by atomic mass is 9.90. The molecule has 0 bridgehead atoms. The molecule has 226 valence electrons. The molecule has 42 heavy (non-hydrogen) atoms. The maximum Gasteiger partial charge on any atom is 0.335 e. The number of fused-ring (bicyclic) bond motifs is 5. The number of morpholine rings is 1. The Balaban J connectivity index is 1.66. The Morgan fingerprint density at radius 2 is 1.90 bits per heavy atom. The molecule has 5 rings (SSSR count). The van der Waals surface area contributed by atoms with Gasteiger partial charge in [-0.25, -0.2) is 9.52 Å². The van der Waals surface area contributed by atoms with Crippen LogP contribution in [0.1, 0.15) is 54.9 Å². The molecule has 0 saturated carbocycles. The van der Waals surface area contributed by atoms with Crippen molar-refractivity contribution in [2.45, 2.75) is 51.6 Å². The fraction of sp³-hybridized carbons (Fsp3) is 0.467. The van der Waals surface area contributed by atoms with Crippen LogP contribution in [-0.4, -0.2) is 75.7 Å². The molecule has 1 fully saturated rings. The highest BCUT2D eigenvalue weighted by molar-refractivity contribution is 7.87. The van der Waals surface area contributed by atoms with Gasteiger partial charge in [0.05, 0.1) is 51.1 Å². The zero-order valence-electron chi connectivity index (χ0n) is 24.5.